The van der Waals surface area contributed by atoms with Crippen molar-refractivity contribution >= 4 is 0 Å². The van der Waals surface area contributed by atoms with E-state index >= 15 is 0 Å². The predicted octanol–water partition coefficient (Wildman–Crippen LogP) is 6.23. The molecule has 0 aliphatic heterocycles. The first kappa shape index (κ1) is 17.3. The van der Waals surface area contributed by atoms with Gasteiger partial charge < -0.3 is 4.57 Å². The van der Waals surface area contributed by atoms with E-state index in [4.69, 9.17) is 0 Å². The molecule has 0 spiro atoms. The fraction of sp³-hybridized carbons (Fsp3) is 0.200. The van der Waals surface area contributed by atoms with E-state index in [1.54, 1.807) is 0 Å². The zero-order valence-corrected chi connectivity index (χ0v) is 14.1. The van der Waals surface area contributed by atoms with E-state index < -0.39 is 17.6 Å². The Bertz CT molecular complexity index is 921. The molecule has 0 aliphatic carbocycles. The molecule has 25 heavy (non-hydrogen) atoms. The molecule has 0 aliphatic rings. The first-order valence-electron chi connectivity index (χ1n) is 7.83. The molecule has 5 heteroatoms. The van der Waals surface area contributed by atoms with Gasteiger partial charge in [0.05, 0.1) is 5.56 Å². The Hall–Kier alpha value is -2.56. The van der Waals surface area contributed by atoms with Gasteiger partial charge in [-0.25, -0.2) is 4.39 Å². The van der Waals surface area contributed by atoms with Gasteiger partial charge in [0.25, 0.3) is 0 Å². The van der Waals surface area contributed by atoms with E-state index in [2.05, 4.69) is 0 Å². The number of aromatic nitrogens is 1. The van der Waals surface area contributed by atoms with Crippen molar-refractivity contribution in [2.75, 3.05) is 0 Å². The summed E-state index contributed by atoms with van der Waals surface area (Å²) in [6, 6.07) is 12.8. The van der Waals surface area contributed by atoms with Gasteiger partial charge in [-0.1, -0.05) is 24.3 Å². The van der Waals surface area contributed by atoms with Gasteiger partial charge in [0.15, 0.2) is 0 Å². The summed E-state index contributed by atoms with van der Waals surface area (Å²) < 4.78 is 54.8. The van der Waals surface area contributed by atoms with E-state index in [9.17, 15) is 17.6 Å². The maximum absolute atomic E-state index is 13.6. The van der Waals surface area contributed by atoms with Crippen LogP contribution in [-0.2, 0) is 6.18 Å². The summed E-state index contributed by atoms with van der Waals surface area (Å²) in [5, 5.41) is 0. The summed E-state index contributed by atoms with van der Waals surface area (Å²) in [7, 11) is 0. The molecule has 0 radical (unpaired) electrons. The first-order valence-corrected chi connectivity index (χ1v) is 7.83. The van der Waals surface area contributed by atoms with Crippen LogP contribution in [0.1, 0.15) is 22.5 Å². The topological polar surface area (TPSA) is 4.93 Å². The quantitative estimate of drug-likeness (QED) is 0.485. The lowest BCUT2D eigenvalue weighted by molar-refractivity contribution is -0.139. The maximum atomic E-state index is 13.6. The third-order valence-corrected chi connectivity index (χ3v) is 4.53. The van der Waals surface area contributed by atoms with Crippen LogP contribution in [0.3, 0.4) is 0 Å². The van der Waals surface area contributed by atoms with Gasteiger partial charge in [-0.2, -0.15) is 13.2 Å². The van der Waals surface area contributed by atoms with Crippen LogP contribution < -0.4 is 0 Å². The second-order valence-corrected chi connectivity index (χ2v) is 6.03. The summed E-state index contributed by atoms with van der Waals surface area (Å²) in [5.41, 5.74) is 3.39. The maximum Gasteiger partial charge on any atom is 0.419 e. The zero-order chi connectivity index (χ0) is 18.4. The monoisotopic (exact) mass is 347 g/mol. The molecular formula is C20H17F4N. The molecule has 0 atom stereocenters. The number of hydrogen-bond donors (Lipinski definition) is 0. The molecular weight excluding hydrogens is 330 g/mol. The number of nitrogens with zero attached hydrogens (tertiary/aromatic N) is 1. The van der Waals surface area contributed by atoms with Gasteiger partial charge in [-0.05, 0) is 56.2 Å². The Morgan fingerprint density at radius 2 is 1.48 bits per heavy atom. The standard InChI is InChI=1S/C20H17F4N/c1-12-13(2)25(16-7-5-4-6-8-16)14(3)19(12)15-9-10-18(21)17(11-15)20(22,23)24/h4-11H,1-3H3. The Balaban J connectivity index is 2.23. The first-order chi connectivity index (χ1) is 11.7. The van der Waals surface area contributed by atoms with Crippen molar-refractivity contribution in [2.24, 2.45) is 0 Å². The molecule has 0 saturated carbocycles. The molecule has 1 aromatic heterocycles. The molecule has 0 unspecified atom stereocenters. The van der Waals surface area contributed by atoms with E-state index in [0.29, 0.717) is 11.1 Å². The Kier molecular flexibility index (Phi) is 4.19. The minimum atomic E-state index is -4.72. The Morgan fingerprint density at radius 3 is 2.08 bits per heavy atom. The van der Waals surface area contributed by atoms with Crippen molar-refractivity contribution in [1.82, 2.24) is 4.57 Å². The average molecular weight is 347 g/mol. The molecule has 3 rings (SSSR count). The van der Waals surface area contributed by atoms with Crippen molar-refractivity contribution in [3.63, 3.8) is 0 Å². The average Bonchev–Trinajstić information content (AvgIpc) is 2.78. The molecule has 130 valence electrons. The summed E-state index contributed by atoms with van der Waals surface area (Å²) in [5.74, 6) is -1.26. The van der Waals surface area contributed by atoms with Gasteiger partial charge >= 0.3 is 6.18 Å². The van der Waals surface area contributed by atoms with Crippen LogP contribution in [0.2, 0.25) is 0 Å². The molecule has 0 amide bonds. The fourth-order valence-corrected chi connectivity index (χ4v) is 3.27. The normalized spacial score (nSPS) is 11.8. The zero-order valence-electron chi connectivity index (χ0n) is 14.1. The highest BCUT2D eigenvalue weighted by molar-refractivity contribution is 5.73. The van der Waals surface area contributed by atoms with Crippen molar-refractivity contribution in [3.8, 4) is 16.8 Å². The van der Waals surface area contributed by atoms with E-state index in [1.165, 1.54) is 6.07 Å². The van der Waals surface area contributed by atoms with Crippen LogP contribution in [0, 0.1) is 26.6 Å². The van der Waals surface area contributed by atoms with Gasteiger partial charge in [-0.3, -0.25) is 0 Å². The van der Waals surface area contributed by atoms with Crippen LogP contribution in [0.4, 0.5) is 17.6 Å². The summed E-state index contributed by atoms with van der Waals surface area (Å²) in [4.78, 5) is 0. The van der Waals surface area contributed by atoms with Crippen molar-refractivity contribution in [2.45, 2.75) is 26.9 Å². The van der Waals surface area contributed by atoms with Crippen LogP contribution in [0.15, 0.2) is 48.5 Å². The second-order valence-electron chi connectivity index (χ2n) is 6.03. The number of alkyl halides is 3. The lowest BCUT2D eigenvalue weighted by Gasteiger charge is -2.12. The van der Waals surface area contributed by atoms with Gasteiger partial charge in [0.1, 0.15) is 5.82 Å². The largest absolute Gasteiger partial charge is 0.419 e. The summed E-state index contributed by atoms with van der Waals surface area (Å²) in [6.45, 7) is 5.65. The van der Waals surface area contributed by atoms with Crippen molar-refractivity contribution < 1.29 is 17.6 Å². The Labute approximate surface area is 143 Å². The van der Waals surface area contributed by atoms with Crippen molar-refractivity contribution in [1.29, 1.82) is 0 Å². The molecule has 0 saturated heterocycles. The van der Waals surface area contributed by atoms with Crippen molar-refractivity contribution in [3.05, 3.63) is 76.9 Å². The molecule has 1 nitrogen and oxygen atoms in total. The minimum Gasteiger partial charge on any atom is -0.318 e. The molecule has 0 fully saturated rings. The molecule has 0 bridgehead atoms. The lowest BCUT2D eigenvalue weighted by Crippen LogP contribution is -2.08. The number of halogens is 4. The highest BCUT2D eigenvalue weighted by Gasteiger charge is 2.34. The van der Waals surface area contributed by atoms with Crippen LogP contribution in [-0.4, -0.2) is 4.57 Å². The molecule has 3 aromatic rings. The molecule has 0 N–H and O–H groups in total. The predicted molar refractivity (Wildman–Crippen MR) is 90.4 cm³/mol. The highest BCUT2D eigenvalue weighted by atomic mass is 19.4. The van der Waals surface area contributed by atoms with Gasteiger partial charge in [0, 0.05) is 22.6 Å². The van der Waals surface area contributed by atoms with Gasteiger partial charge in [-0.15, -0.1) is 0 Å². The Morgan fingerprint density at radius 1 is 0.840 bits per heavy atom. The van der Waals surface area contributed by atoms with Crippen LogP contribution in [0.5, 0.6) is 0 Å². The second kappa shape index (κ2) is 6.06. The summed E-state index contributed by atoms with van der Waals surface area (Å²) in [6.07, 6.45) is -4.72. The molecule has 1 heterocycles. The smallest absolute Gasteiger partial charge is 0.318 e. The fourth-order valence-electron chi connectivity index (χ4n) is 3.27. The van der Waals surface area contributed by atoms with E-state index in [0.717, 1.165) is 34.8 Å². The number of benzene rings is 2. The SMILES string of the molecule is Cc1c(-c2ccc(F)c(C(F)(F)F)c2)c(C)n(-c2ccccc2)c1C. The highest BCUT2D eigenvalue weighted by Crippen LogP contribution is 2.38. The molecule has 2 aromatic carbocycles. The van der Waals surface area contributed by atoms with Gasteiger partial charge in [0.2, 0.25) is 0 Å². The minimum absolute atomic E-state index is 0.363. The third kappa shape index (κ3) is 2.95. The van der Waals surface area contributed by atoms with Crippen LogP contribution in [0.25, 0.3) is 16.8 Å². The number of hydrogen-bond acceptors (Lipinski definition) is 0. The summed E-state index contributed by atoms with van der Waals surface area (Å²) >= 11 is 0. The number of rotatable bonds is 2. The number of para-hydroxylation sites is 1. The van der Waals surface area contributed by atoms with E-state index in [-0.39, 0.29) is 0 Å². The van der Waals surface area contributed by atoms with Crippen LogP contribution >= 0.6 is 0 Å². The lowest BCUT2D eigenvalue weighted by atomic mass is 9.99. The van der Waals surface area contributed by atoms with E-state index in [1.807, 2.05) is 55.7 Å². The third-order valence-electron chi connectivity index (χ3n) is 4.53.